The van der Waals surface area contributed by atoms with Gasteiger partial charge in [-0.3, -0.25) is 4.79 Å². The zero-order valence-corrected chi connectivity index (χ0v) is 12.2. The average Bonchev–Trinajstić information content (AvgIpc) is 2.56. The first kappa shape index (κ1) is 13.8. The minimum Gasteiger partial charge on any atom is -0.367 e. The molecule has 6 heteroatoms. The van der Waals surface area contributed by atoms with Gasteiger partial charge in [-0.25, -0.2) is 9.97 Å². The molecule has 5 nitrogen and oxygen atoms in total. The predicted octanol–water partition coefficient (Wildman–Crippen LogP) is 2.27. The Hall–Kier alpha value is -2.14. The van der Waals surface area contributed by atoms with Gasteiger partial charge >= 0.3 is 0 Å². The van der Waals surface area contributed by atoms with Crippen LogP contribution in [0.25, 0.3) is 0 Å². The van der Waals surface area contributed by atoms with Crippen molar-refractivity contribution < 1.29 is 4.79 Å². The highest BCUT2D eigenvalue weighted by molar-refractivity contribution is 6.33. The molecule has 108 valence electrons. The molecule has 0 atom stereocenters. The summed E-state index contributed by atoms with van der Waals surface area (Å²) in [5, 5.41) is 0.775. The molecule has 0 bridgehead atoms. The summed E-state index contributed by atoms with van der Waals surface area (Å²) in [5.41, 5.74) is 1.56. The van der Waals surface area contributed by atoms with Gasteiger partial charge in [0.2, 0.25) is 5.95 Å². The van der Waals surface area contributed by atoms with E-state index in [4.69, 9.17) is 11.6 Å². The number of piperazine rings is 1. The maximum atomic E-state index is 10.6. The number of para-hydroxylation sites is 1. The molecule has 1 saturated heterocycles. The van der Waals surface area contributed by atoms with Crippen LogP contribution in [0.1, 0.15) is 10.4 Å². The molecule has 0 unspecified atom stereocenters. The third-order valence-corrected chi connectivity index (χ3v) is 3.87. The number of nitrogens with zero attached hydrogens (tertiary/aromatic N) is 4. The van der Waals surface area contributed by atoms with Crippen molar-refractivity contribution in [3.05, 3.63) is 47.2 Å². The van der Waals surface area contributed by atoms with Crippen LogP contribution in [0.15, 0.2) is 36.7 Å². The van der Waals surface area contributed by atoms with E-state index in [-0.39, 0.29) is 0 Å². The van der Waals surface area contributed by atoms with Crippen molar-refractivity contribution in [1.82, 2.24) is 9.97 Å². The fourth-order valence-corrected chi connectivity index (χ4v) is 2.67. The van der Waals surface area contributed by atoms with Crippen LogP contribution in [0.2, 0.25) is 5.02 Å². The monoisotopic (exact) mass is 302 g/mol. The zero-order chi connectivity index (χ0) is 14.7. The van der Waals surface area contributed by atoms with E-state index in [1.54, 1.807) is 12.4 Å². The number of halogens is 1. The van der Waals surface area contributed by atoms with Crippen molar-refractivity contribution in [3.63, 3.8) is 0 Å². The maximum absolute atomic E-state index is 10.6. The Balaban J connectivity index is 1.67. The van der Waals surface area contributed by atoms with Crippen molar-refractivity contribution in [1.29, 1.82) is 0 Å². The fraction of sp³-hybridized carbons (Fsp3) is 0.267. The van der Waals surface area contributed by atoms with Gasteiger partial charge in [0, 0.05) is 38.6 Å². The van der Waals surface area contributed by atoms with Crippen molar-refractivity contribution >= 4 is 29.5 Å². The lowest BCUT2D eigenvalue weighted by Gasteiger charge is -2.36. The highest BCUT2D eigenvalue weighted by Crippen LogP contribution is 2.26. The molecule has 1 aromatic heterocycles. The second-order valence-corrected chi connectivity index (χ2v) is 5.27. The van der Waals surface area contributed by atoms with Gasteiger partial charge in [-0.2, -0.15) is 0 Å². The first-order chi connectivity index (χ1) is 10.3. The average molecular weight is 303 g/mol. The van der Waals surface area contributed by atoms with Crippen LogP contribution >= 0.6 is 11.6 Å². The Labute approximate surface area is 128 Å². The van der Waals surface area contributed by atoms with Crippen molar-refractivity contribution in [2.75, 3.05) is 36.0 Å². The number of hydrogen-bond acceptors (Lipinski definition) is 5. The van der Waals surface area contributed by atoms with Gasteiger partial charge in [0.15, 0.2) is 6.29 Å². The van der Waals surface area contributed by atoms with E-state index in [0.29, 0.717) is 11.5 Å². The summed E-state index contributed by atoms with van der Waals surface area (Å²) < 4.78 is 0. The van der Waals surface area contributed by atoms with Gasteiger partial charge in [0.05, 0.1) is 16.3 Å². The lowest BCUT2D eigenvalue weighted by atomic mass is 10.2. The summed E-state index contributed by atoms with van der Waals surface area (Å²) in [4.78, 5) is 23.4. The number of benzene rings is 1. The fourth-order valence-electron chi connectivity index (χ4n) is 2.41. The first-order valence-electron chi connectivity index (χ1n) is 6.79. The summed E-state index contributed by atoms with van der Waals surface area (Å²) in [7, 11) is 0. The van der Waals surface area contributed by atoms with Crippen LogP contribution in [0, 0.1) is 0 Å². The Morgan fingerprint density at radius 1 is 1.00 bits per heavy atom. The Morgan fingerprint density at radius 3 is 2.24 bits per heavy atom. The summed E-state index contributed by atoms with van der Waals surface area (Å²) in [5.74, 6) is 0.666. The van der Waals surface area contributed by atoms with Gasteiger partial charge in [-0.15, -0.1) is 0 Å². The van der Waals surface area contributed by atoms with Crippen LogP contribution in [0.5, 0.6) is 0 Å². The third-order valence-electron chi connectivity index (χ3n) is 3.55. The highest BCUT2D eigenvalue weighted by Gasteiger charge is 2.20. The summed E-state index contributed by atoms with van der Waals surface area (Å²) in [6.07, 6.45) is 3.85. The number of aromatic nitrogens is 2. The molecule has 21 heavy (non-hydrogen) atoms. The summed E-state index contributed by atoms with van der Waals surface area (Å²) >= 11 is 6.23. The lowest BCUT2D eigenvalue weighted by Crippen LogP contribution is -2.47. The molecule has 2 aromatic rings. The molecule has 3 rings (SSSR count). The Morgan fingerprint density at radius 2 is 1.62 bits per heavy atom. The highest BCUT2D eigenvalue weighted by atomic mass is 35.5. The van der Waals surface area contributed by atoms with E-state index in [1.165, 1.54) is 0 Å². The summed E-state index contributed by atoms with van der Waals surface area (Å²) in [6.45, 7) is 3.38. The molecule has 1 aliphatic rings. The van der Waals surface area contributed by atoms with E-state index in [9.17, 15) is 4.79 Å². The number of rotatable bonds is 3. The number of carbonyl (C=O) groups is 1. The smallest absolute Gasteiger partial charge is 0.225 e. The number of carbonyl (C=O) groups excluding carboxylic acids is 1. The van der Waals surface area contributed by atoms with E-state index in [2.05, 4.69) is 19.8 Å². The second kappa shape index (κ2) is 6.10. The largest absolute Gasteiger partial charge is 0.367 e. The zero-order valence-electron chi connectivity index (χ0n) is 11.4. The maximum Gasteiger partial charge on any atom is 0.225 e. The van der Waals surface area contributed by atoms with Crippen LogP contribution < -0.4 is 9.80 Å². The topological polar surface area (TPSA) is 49.3 Å². The van der Waals surface area contributed by atoms with E-state index in [0.717, 1.165) is 43.2 Å². The summed E-state index contributed by atoms with van der Waals surface area (Å²) in [6, 6.07) is 7.87. The molecule has 0 aliphatic carbocycles. The van der Waals surface area contributed by atoms with E-state index < -0.39 is 0 Å². The van der Waals surface area contributed by atoms with Crippen LogP contribution in [-0.2, 0) is 0 Å². The van der Waals surface area contributed by atoms with Crippen LogP contribution in [0.4, 0.5) is 11.6 Å². The molecule has 1 aliphatic heterocycles. The molecular formula is C15H15ClN4O. The molecule has 1 fully saturated rings. The molecule has 2 heterocycles. The molecule has 0 N–H and O–H groups in total. The van der Waals surface area contributed by atoms with Crippen LogP contribution in [-0.4, -0.2) is 42.4 Å². The van der Waals surface area contributed by atoms with Gasteiger partial charge < -0.3 is 9.80 Å². The molecule has 1 aromatic carbocycles. The van der Waals surface area contributed by atoms with Gasteiger partial charge in [-0.1, -0.05) is 23.7 Å². The standard InChI is InChI=1S/C15H15ClN4O/c16-13-3-1-2-4-14(13)19-5-7-20(8-6-19)15-17-9-12(11-21)10-18-15/h1-4,9-11H,5-8H2. The van der Waals surface area contributed by atoms with Gasteiger partial charge in [-0.05, 0) is 12.1 Å². The van der Waals surface area contributed by atoms with Gasteiger partial charge in [0.1, 0.15) is 0 Å². The second-order valence-electron chi connectivity index (χ2n) is 4.86. The van der Waals surface area contributed by atoms with Crippen molar-refractivity contribution in [2.45, 2.75) is 0 Å². The minimum absolute atomic E-state index is 0.494. The number of hydrogen-bond donors (Lipinski definition) is 0. The molecule has 0 amide bonds. The number of anilines is 2. The Kier molecular flexibility index (Phi) is 4.01. The lowest BCUT2D eigenvalue weighted by molar-refractivity contribution is 0.112. The van der Waals surface area contributed by atoms with Crippen LogP contribution in [0.3, 0.4) is 0 Å². The molecule has 0 spiro atoms. The quantitative estimate of drug-likeness (QED) is 0.814. The first-order valence-corrected chi connectivity index (χ1v) is 7.17. The predicted molar refractivity (Wildman–Crippen MR) is 83.3 cm³/mol. The Bertz CT molecular complexity index is 624. The SMILES string of the molecule is O=Cc1cnc(N2CCN(c3ccccc3Cl)CC2)nc1. The van der Waals surface area contributed by atoms with E-state index >= 15 is 0 Å². The number of aldehydes is 1. The minimum atomic E-state index is 0.494. The molecule has 0 saturated carbocycles. The normalized spacial score (nSPS) is 15.1. The molecule has 0 radical (unpaired) electrons. The molecular weight excluding hydrogens is 288 g/mol. The van der Waals surface area contributed by atoms with E-state index in [1.807, 2.05) is 24.3 Å². The van der Waals surface area contributed by atoms with Crippen molar-refractivity contribution in [3.8, 4) is 0 Å². The van der Waals surface area contributed by atoms with Gasteiger partial charge in [0.25, 0.3) is 0 Å². The van der Waals surface area contributed by atoms with Crippen molar-refractivity contribution in [2.24, 2.45) is 0 Å². The third kappa shape index (κ3) is 2.97.